The summed E-state index contributed by atoms with van der Waals surface area (Å²) in [6.07, 6.45) is 0. The first kappa shape index (κ1) is 26.1. The minimum atomic E-state index is -1.93. The zero-order valence-corrected chi connectivity index (χ0v) is 21.3. The van der Waals surface area contributed by atoms with Crippen LogP contribution in [0.5, 0.6) is 0 Å². The largest absolute Gasteiger partial charge is 0.372 e. The molecule has 37 heavy (non-hydrogen) atoms. The van der Waals surface area contributed by atoms with E-state index in [-0.39, 0.29) is 10.9 Å². The molecule has 0 saturated heterocycles. The maximum Gasteiger partial charge on any atom is 0.281 e. The highest BCUT2D eigenvalue weighted by Crippen LogP contribution is 2.30. The number of nitrogens with one attached hydrogen (secondary N) is 2. The van der Waals surface area contributed by atoms with Crippen molar-refractivity contribution in [3.63, 3.8) is 0 Å². The van der Waals surface area contributed by atoms with Gasteiger partial charge in [-0.15, -0.1) is 0 Å². The zero-order chi connectivity index (χ0) is 26.4. The van der Waals surface area contributed by atoms with Crippen LogP contribution in [-0.2, 0) is 10.4 Å². The number of aliphatic hydroxyl groups is 1. The fourth-order valence-corrected chi connectivity index (χ4v) is 4.23. The van der Waals surface area contributed by atoms with Crippen LogP contribution in [-0.4, -0.2) is 22.6 Å². The van der Waals surface area contributed by atoms with Crippen molar-refractivity contribution in [2.45, 2.75) is 12.5 Å². The van der Waals surface area contributed by atoms with Gasteiger partial charge in [0.2, 0.25) is 0 Å². The molecular formula is C29H23Cl2N3O3. The zero-order valence-electron chi connectivity index (χ0n) is 19.8. The molecule has 0 aliphatic rings. The molecule has 4 aromatic rings. The summed E-state index contributed by atoms with van der Waals surface area (Å²) < 4.78 is 0. The number of nitrogens with zero attached hydrogens (tertiary/aromatic N) is 1. The second-order valence-corrected chi connectivity index (χ2v) is 9.08. The molecule has 0 unspecified atom stereocenters. The van der Waals surface area contributed by atoms with Crippen LogP contribution in [0.2, 0.25) is 10.0 Å². The maximum atomic E-state index is 13.2. The average molecular weight is 532 g/mol. The number of hydrogen-bond acceptors (Lipinski definition) is 4. The molecule has 2 amide bonds. The van der Waals surface area contributed by atoms with Gasteiger partial charge in [-0.2, -0.15) is 5.10 Å². The number of halogens is 2. The van der Waals surface area contributed by atoms with E-state index in [1.54, 1.807) is 91.9 Å². The highest BCUT2D eigenvalue weighted by atomic mass is 35.5. The number of carbonyl (C=O) groups is 2. The second kappa shape index (κ2) is 11.4. The molecule has 8 heteroatoms. The Hall–Kier alpha value is -3.97. The quantitative estimate of drug-likeness (QED) is 0.201. The van der Waals surface area contributed by atoms with Crippen LogP contribution in [0.1, 0.15) is 34.0 Å². The first-order valence-electron chi connectivity index (χ1n) is 11.3. The van der Waals surface area contributed by atoms with Crippen LogP contribution in [0, 0.1) is 0 Å². The Morgan fingerprint density at radius 1 is 0.811 bits per heavy atom. The van der Waals surface area contributed by atoms with Gasteiger partial charge < -0.3 is 10.4 Å². The molecule has 0 saturated carbocycles. The molecule has 186 valence electrons. The van der Waals surface area contributed by atoms with Gasteiger partial charge in [0, 0.05) is 10.7 Å². The van der Waals surface area contributed by atoms with Crippen LogP contribution in [0.4, 0.5) is 5.69 Å². The van der Waals surface area contributed by atoms with Crippen molar-refractivity contribution in [2.75, 3.05) is 5.32 Å². The van der Waals surface area contributed by atoms with E-state index >= 15 is 0 Å². The Morgan fingerprint density at radius 2 is 1.38 bits per heavy atom. The molecule has 0 spiro atoms. The second-order valence-electron chi connectivity index (χ2n) is 8.24. The molecule has 0 bridgehead atoms. The Morgan fingerprint density at radius 3 is 1.92 bits per heavy atom. The van der Waals surface area contributed by atoms with Gasteiger partial charge in [0.1, 0.15) is 0 Å². The van der Waals surface area contributed by atoms with Gasteiger partial charge in [0.15, 0.2) is 5.60 Å². The van der Waals surface area contributed by atoms with Crippen LogP contribution < -0.4 is 10.7 Å². The number of carbonyl (C=O) groups excluding carboxylic acids is 2. The van der Waals surface area contributed by atoms with Crippen molar-refractivity contribution in [1.82, 2.24) is 5.43 Å². The molecule has 0 atom stereocenters. The molecule has 0 aromatic heterocycles. The smallest absolute Gasteiger partial charge is 0.281 e. The third-order valence-corrected chi connectivity index (χ3v) is 6.32. The SMILES string of the molecule is C/C(=N/NC(=O)C(O)(c1ccccc1)c1ccccc1)c1ccc(NC(=O)c2ccc(Cl)cc2Cl)cc1. The fourth-order valence-electron chi connectivity index (χ4n) is 3.73. The highest BCUT2D eigenvalue weighted by Gasteiger charge is 2.39. The van der Waals surface area contributed by atoms with E-state index in [2.05, 4.69) is 15.8 Å². The highest BCUT2D eigenvalue weighted by molar-refractivity contribution is 6.37. The molecule has 0 fully saturated rings. The molecule has 6 nitrogen and oxygen atoms in total. The van der Waals surface area contributed by atoms with Crippen molar-refractivity contribution in [3.05, 3.63) is 135 Å². The maximum absolute atomic E-state index is 13.2. The van der Waals surface area contributed by atoms with Crippen molar-refractivity contribution in [1.29, 1.82) is 0 Å². The summed E-state index contributed by atoms with van der Waals surface area (Å²) in [6.45, 7) is 1.73. The minimum absolute atomic E-state index is 0.256. The third kappa shape index (κ3) is 5.89. The first-order chi connectivity index (χ1) is 17.8. The minimum Gasteiger partial charge on any atom is -0.372 e. The number of rotatable bonds is 7. The summed E-state index contributed by atoms with van der Waals surface area (Å²) in [5.74, 6) is -1.05. The third-order valence-electron chi connectivity index (χ3n) is 5.77. The normalized spacial score (nSPS) is 11.6. The summed E-state index contributed by atoms with van der Waals surface area (Å²) in [7, 11) is 0. The molecule has 0 heterocycles. The molecule has 0 radical (unpaired) electrons. The van der Waals surface area contributed by atoms with E-state index in [0.717, 1.165) is 0 Å². The van der Waals surface area contributed by atoms with Gasteiger partial charge in [-0.25, -0.2) is 5.43 Å². The average Bonchev–Trinajstić information content (AvgIpc) is 2.92. The lowest BCUT2D eigenvalue weighted by Crippen LogP contribution is -2.43. The Bertz CT molecular complexity index is 1400. The fraction of sp³-hybridized carbons (Fsp3) is 0.0690. The van der Waals surface area contributed by atoms with Crippen molar-refractivity contribution in [2.24, 2.45) is 5.10 Å². The van der Waals surface area contributed by atoms with Crippen molar-refractivity contribution in [3.8, 4) is 0 Å². The molecular weight excluding hydrogens is 509 g/mol. The predicted molar refractivity (Wildman–Crippen MR) is 147 cm³/mol. The van der Waals surface area contributed by atoms with E-state index in [9.17, 15) is 14.7 Å². The van der Waals surface area contributed by atoms with Crippen molar-refractivity contribution < 1.29 is 14.7 Å². The van der Waals surface area contributed by atoms with E-state index in [1.165, 1.54) is 6.07 Å². The number of hydrazone groups is 1. The molecule has 4 rings (SSSR count). The van der Waals surface area contributed by atoms with E-state index in [1.807, 2.05) is 12.1 Å². The van der Waals surface area contributed by atoms with Gasteiger partial charge in [0.25, 0.3) is 11.8 Å². The molecule has 4 aromatic carbocycles. The lowest BCUT2D eigenvalue weighted by Gasteiger charge is -2.27. The predicted octanol–water partition coefficient (Wildman–Crippen LogP) is 6.02. The van der Waals surface area contributed by atoms with E-state index in [4.69, 9.17) is 23.2 Å². The standard InChI is InChI=1S/C29H23Cl2N3O3/c1-19(20-12-15-24(16-13-20)32-27(35)25-17-14-23(30)18-26(25)31)33-34-28(36)29(37,21-8-4-2-5-9-21)22-10-6-3-7-11-22/h2-18,37H,1H3,(H,32,35)(H,34,36)/b33-19-. The van der Waals surface area contributed by atoms with Crippen molar-refractivity contribution >= 4 is 46.4 Å². The van der Waals surface area contributed by atoms with Crippen LogP contribution in [0.25, 0.3) is 0 Å². The number of benzene rings is 4. The summed E-state index contributed by atoms with van der Waals surface area (Å²) >= 11 is 12.0. The Kier molecular flexibility index (Phi) is 8.04. The summed E-state index contributed by atoms with van der Waals surface area (Å²) in [5, 5.41) is 19.2. The first-order valence-corrected chi connectivity index (χ1v) is 12.1. The molecule has 0 aliphatic heterocycles. The topological polar surface area (TPSA) is 90.8 Å². The van der Waals surface area contributed by atoms with Crippen LogP contribution >= 0.6 is 23.2 Å². The number of hydrogen-bond donors (Lipinski definition) is 3. The lowest BCUT2D eigenvalue weighted by molar-refractivity contribution is -0.136. The van der Waals surface area contributed by atoms with Gasteiger partial charge in [0.05, 0.1) is 16.3 Å². The van der Waals surface area contributed by atoms with Gasteiger partial charge in [-0.05, 0) is 53.9 Å². The summed E-state index contributed by atoms with van der Waals surface area (Å²) in [6, 6.07) is 29.0. The van der Waals surface area contributed by atoms with E-state index in [0.29, 0.717) is 38.7 Å². The van der Waals surface area contributed by atoms with Gasteiger partial charge in [-0.1, -0.05) is 96.0 Å². The summed E-state index contributed by atoms with van der Waals surface area (Å²) in [4.78, 5) is 25.8. The van der Waals surface area contributed by atoms with Gasteiger partial charge >= 0.3 is 0 Å². The Balaban J connectivity index is 1.49. The summed E-state index contributed by atoms with van der Waals surface area (Å²) in [5.41, 5.74) is 3.50. The number of anilines is 1. The van der Waals surface area contributed by atoms with Gasteiger partial charge in [-0.3, -0.25) is 9.59 Å². The molecule has 3 N–H and O–H groups in total. The Labute approximate surface area is 224 Å². The lowest BCUT2D eigenvalue weighted by atomic mass is 9.85. The van der Waals surface area contributed by atoms with E-state index < -0.39 is 11.5 Å². The number of amides is 2. The van der Waals surface area contributed by atoms with Crippen LogP contribution in [0.15, 0.2) is 108 Å². The monoisotopic (exact) mass is 531 g/mol. The van der Waals surface area contributed by atoms with Crippen LogP contribution in [0.3, 0.4) is 0 Å². The molecule has 0 aliphatic carbocycles.